The fourth-order valence-corrected chi connectivity index (χ4v) is 2.21. The molecule has 1 aromatic carbocycles. The van der Waals surface area contributed by atoms with E-state index in [1.165, 1.54) is 0 Å². The van der Waals surface area contributed by atoms with E-state index in [0.717, 1.165) is 11.1 Å². The maximum Gasteiger partial charge on any atom is 0.223 e. The van der Waals surface area contributed by atoms with Gasteiger partial charge < -0.3 is 15.4 Å². The van der Waals surface area contributed by atoms with Crippen LogP contribution in [-0.2, 0) is 13.2 Å². The maximum absolute atomic E-state index is 9.03. The first kappa shape index (κ1) is 12.8. The van der Waals surface area contributed by atoms with Gasteiger partial charge in [-0.05, 0) is 11.1 Å². The van der Waals surface area contributed by atoms with E-state index < -0.39 is 0 Å². The van der Waals surface area contributed by atoms with Gasteiger partial charge in [0.1, 0.15) is 5.52 Å². The van der Waals surface area contributed by atoms with Crippen molar-refractivity contribution >= 4 is 28.7 Å². The Kier molecular flexibility index (Phi) is 3.25. The topological polar surface area (TPSA) is 89.8 Å². The van der Waals surface area contributed by atoms with Crippen molar-refractivity contribution in [3.8, 4) is 0 Å². The van der Waals surface area contributed by atoms with Crippen molar-refractivity contribution < 1.29 is 5.11 Å². The van der Waals surface area contributed by atoms with Gasteiger partial charge in [-0.25, -0.2) is 4.98 Å². The van der Waals surface area contributed by atoms with Crippen molar-refractivity contribution in [2.75, 3.05) is 5.73 Å². The first-order valence-corrected chi connectivity index (χ1v) is 6.37. The number of nitrogens with zero attached hydrogens (tertiary/aromatic N) is 4. The van der Waals surface area contributed by atoms with Crippen LogP contribution in [0, 0.1) is 0 Å². The van der Waals surface area contributed by atoms with Crippen LogP contribution in [0.15, 0.2) is 30.6 Å². The molecule has 0 spiro atoms. The molecule has 0 saturated heterocycles. The fraction of sp³-hybridized carbons (Fsp3) is 0.154. The smallest absolute Gasteiger partial charge is 0.223 e. The van der Waals surface area contributed by atoms with Crippen molar-refractivity contribution in [1.82, 2.24) is 19.5 Å². The van der Waals surface area contributed by atoms with Crippen LogP contribution in [0.5, 0.6) is 0 Å². The Morgan fingerprint density at radius 2 is 1.85 bits per heavy atom. The van der Waals surface area contributed by atoms with E-state index in [0.29, 0.717) is 17.7 Å². The fourth-order valence-electron chi connectivity index (χ4n) is 1.99. The molecule has 6 nitrogen and oxygen atoms in total. The summed E-state index contributed by atoms with van der Waals surface area (Å²) in [6.45, 7) is 0.628. The predicted octanol–water partition coefficient (Wildman–Crippen LogP) is 1.60. The Labute approximate surface area is 119 Å². The highest BCUT2D eigenvalue weighted by Crippen LogP contribution is 2.20. The summed E-state index contributed by atoms with van der Waals surface area (Å²) in [5.41, 5.74) is 8.69. The summed E-state index contributed by atoms with van der Waals surface area (Å²) in [4.78, 5) is 12.2. The van der Waals surface area contributed by atoms with E-state index in [4.69, 9.17) is 22.4 Å². The first-order valence-electron chi connectivity index (χ1n) is 6.00. The van der Waals surface area contributed by atoms with E-state index in [1.807, 2.05) is 28.8 Å². The van der Waals surface area contributed by atoms with E-state index in [-0.39, 0.29) is 17.7 Å². The largest absolute Gasteiger partial charge is 0.392 e. The second kappa shape index (κ2) is 5.07. The number of aliphatic hydroxyl groups excluding tert-OH is 1. The van der Waals surface area contributed by atoms with Crippen LogP contribution in [0.3, 0.4) is 0 Å². The number of hydrogen-bond donors (Lipinski definition) is 2. The summed E-state index contributed by atoms with van der Waals surface area (Å²) in [6.07, 6.45) is 1.66. The highest BCUT2D eigenvalue weighted by molar-refractivity contribution is 6.33. The average Bonchev–Trinajstić information content (AvgIpc) is 2.83. The number of aliphatic hydroxyl groups is 1. The number of anilines is 1. The minimum absolute atomic E-state index is 0.0354. The Bertz CT molecular complexity index is 753. The van der Waals surface area contributed by atoms with Crippen LogP contribution in [0.4, 0.5) is 5.95 Å². The zero-order valence-electron chi connectivity index (χ0n) is 10.5. The van der Waals surface area contributed by atoms with Crippen molar-refractivity contribution in [2.45, 2.75) is 13.2 Å². The Balaban J connectivity index is 1.97. The number of halogens is 1. The molecule has 0 radical (unpaired) electrons. The van der Waals surface area contributed by atoms with Gasteiger partial charge in [0.15, 0.2) is 10.8 Å². The average molecular weight is 290 g/mol. The van der Waals surface area contributed by atoms with Crippen LogP contribution in [0.1, 0.15) is 11.1 Å². The van der Waals surface area contributed by atoms with E-state index in [1.54, 1.807) is 6.33 Å². The standard InChI is InChI=1S/C13H12ClN5O/c14-11-10-12(18-13(15)17-11)19(7-16-10)5-8-1-3-9(6-20)4-2-8/h1-4,7,20H,5-6H2,(H2,15,17,18). The lowest BCUT2D eigenvalue weighted by Crippen LogP contribution is -2.02. The Hall–Kier alpha value is -2.18. The second-order valence-corrected chi connectivity index (χ2v) is 4.75. The van der Waals surface area contributed by atoms with Crippen LogP contribution in [0.25, 0.3) is 11.2 Å². The van der Waals surface area contributed by atoms with Crippen molar-refractivity contribution in [1.29, 1.82) is 0 Å². The molecule has 0 amide bonds. The van der Waals surface area contributed by atoms with Gasteiger partial charge in [0, 0.05) is 0 Å². The third-order valence-electron chi connectivity index (χ3n) is 3.00. The summed E-state index contributed by atoms with van der Waals surface area (Å²) in [7, 11) is 0. The first-order chi connectivity index (χ1) is 9.67. The molecule has 3 rings (SSSR count). The molecule has 0 fully saturated rings. The van der Waals surface area contributed by atoms with Gasteiger partial charge in [-0.1, -0.05) is 35.9 Å². The normalized spacial score (nSPS) is 11.1. The molecule has 0 unspecified atom stereocenters. The third-order valence-corrected chi connectivity index (χ3v) is 3.26. The molecule has 0 aliphatic rings. The molecule has 0 saturated carbocycles. The molecule has 0 aliphatic heterocycles. The molecular weight excluding hydrogens is 278 g/mol. The molecule has 0 aliphatic carbocycles. The van der Waals surface area contributed by atoms with Crippen molar-refractivity contribution in [3.05, 3.63) is 46.9 Å². The minimum atomic E-state index is 0.0354. The third kappa shape index (κ3) is 2.31. The van der Waals surface area contributed by atoms with Gasteiger partial charge >= 0.3 is 0 Å². The number of aromatic nitrogens is 4. The molecule has 0 bridgehead atoms. The zero-order chi connectivity index (χ0) is 14.1. The number of hydrogen-bond acceptors (Lipinski definition) is 5. The predicted molar refractivity (Wildman–Crippen MR) is 76.2 cm³/mol. The second-order valence-electron chi connectivity index (χ2n) is 4.39. The number of rotatable bonds is 3. The Morgan fingerprint density at radius 1 is 1.15 bits per heavy atom. The molecule has 3 N–H and O–H groups in total. The maximum atomic E-state index is 9.03. The molecule has 20 heavy (non-hydrogen) atoms. The lowest BCUT2D eigenvalue weighted by molar-refractivity contribution is 0.282. The summed E-state index contributed by atoms with van der Waals surface area (Å²) >= 11 is 5.98. The van der Waals surface area contributed by atoms with Crippen molar-refractivity contribution in [2.24, 2.45) is 0 Å². The molecule has 0 atom stereocenters. The van der Waals surface area contributed by atoms with Crippen LogP contribution < -0.4 is 5.73 Å². The number of fused-ring (bicyclic) bond motifs is 1. The van der Waals surface area contributed by atoms with Crippen LogP contribution in [0.2, 0.25) is 5.15 Å². The molecule has 2 heterocycles. The van der Waals surface area contributed by atoms with Crippen molar-refractivity contribution in [3.63, 3.8) is 0 Å². The number of nitrogens with two attached hydrogens (primary N) is 1. The monoisotopic (exact) mass is 289 g/mol. The summed E-state index contributed by atoms with van der Waals surface area (Å²) < 4.78 is 1.85. The van der Waals surface area contributed by atoms with Gasteiger partial charge in [0.2, 0.25) is 5.95 Å². The molecule has 7 heteroatoms. The van der Waals surface area contributed by atoms with Gasteiger partial charge in [-0.2, -0.15) is 9.97 Å². The summed E-state index contributed by atoms with van der Waals surface area (Å²) in [6, 6.07) is 7.66. The summed E-state index contributed by atoms with van der Waals surface area (Å²) in [5, 5.41) is 9.28. The molecule has 102 valence electrons. The van der Waals surface area contributed by atoms with Gasteiger partial charge in [0.05, 0.1) is 19.5 Å². The lowest BCUT2D eigenvalue weighted by atomic mass is 10.1. The lowest BCUT2D eigenvalue weighted by Gasteiger charge is -2.05. The number of nitrogen functional groups attached to an aromatic ring is 1. The number of imidazole rings is 1. The minimum Gasteiger partial charge on any atom is -0.392 e. The highest BCUT2D eigenvalue weighted by atomic mass is 35.5. The zero-order valence-corrected chi connectivity index (χ0v) is 11.2. The molecular formula is C13H12ClN5O. The Morgan fingerprint density at radius 3 is 2.55 bits per heavy atom. The van der Waals surface area contributed by atoms with Crippen LogP contribution >= 0.6 is 11.6 Å². The molecule has 3 aromatic rings. The van der Waals surface area contributed by atoms with Gasteiger partial charge in [-0.15, -0.1) is 0 Å². The summed E-state index contributed by atoms with van der Waals surface area (Å²) in [5.74, 6) is 0.125. The van der Waals surface area contributed by atoms with E-state index in [9.17, 15) is 0 Å². The van der Waals surface area contributed by atoms with E-state index in [2.05, 4.69) is 15.0 Å². The van der Waals surface area contributed by atoms with Gasteiger partial charge in [0.25, 0.3) is 0 Å². The van der Waals surface area contributed by atoms with Crippen LogP contribution in [-0.4, -0.2) is 24.6 Å². The SMILES string of the molecule is Nc1nc(Cl)c2ncn(Cc3ccc(CO)cc3)c2n1. The van der Waals surface area contributed by atoms with Gasteiger partial charge in [-0.3, -0.25) is 0 Å². The quantitative estimate of drug-likeness (QED) is 0.715. The molecule has 2 aromatic heterocycles. The van der Waals surface area contributed by atoms with E-state index >= 15 is 0 Å². The highest BCUT2D eigenvalue weighted by Gasteiger charge is 2.10. The number of benzene rings is 1.